The normalized spacial score (nSPS) is 18.3. The second-order valence-electron chi connectivity index (χ2n) is 5.98. The highest BCUT2D eigenvalue weighted by Crippen LogP contribution is 2.35. The molecule has 0 radical (unpaired) electrons. The first-order chi connectivity index (χ1) is 10.7. The first-order valence-corrected chi connectivity index (χ1v) is 10.2. The van der Waals surface area contributed by atoms with E-state index >= 15 is 0 Å². The van der Waals surface area contributed by atoms with E-state index in [0.717, 1.165) is 37.8 Å². The van der Waals surface area contributed by atoms with Gasteiger partial charge in [0.2, 0.25) is 10.0 Å². The Labute approximate surface area is 150 Å². The molecule has 0 aliphatic carbocycles. The van der Waals surface area contributed by atoms with Gasteiger partial charge in [0.25, 0.3) is 0 Å². The van der Waals surface area contributed by atoms with Crippen molar-refractivity contribution >= 4 is 38.3 Å². The summed E-state index contributed by atoms with van der Waals surface area (Å²) in [7, 11) is -3.43. The molecule has 0 amide bonds. The lowest BCUT2D eigenvalue weighted by molar-refractivity contribution is 0.199. The third-order valence-corrected chi connectivity index (χ3v) is 5.88. The summed E-state index contributed by atoms with van der Waals surface area (Å²) in [5, 5.41) is 8.87. The number of nitrogens with one attached hydrogen (secondary N) is 1. The minimum Gasteiger partial charge on any atom is -0.299 e. The van der Waals surface area contributed by atoms with Gasteiger partial charge in [-0.3, -0.25) is 9.62 Å². The third kappa shape index (κ3) is 5.90. The monoisotopic (exact) mass is 451 g/mol. The van der Waals surface area contributed by atoms with Gasteiger partial charge < -0.3 is 0 Å². The molecule has 0 bridgehead atoms. The third-order valence-electron chi connectivity index (χ3n) is 3.82. The highest BCUT2D eigenvalue weighted by molar-refractivity contribution is 14.1. The predicted octanol–water partition coefficient (Wildman–Crippen LogP) is 2.88. The molecule has 0 saturated carbocycles. The highest BCUT2D eigenvalue weighted by atomic mass is 127. The molecular weight excluding hydrogens is 432 g/mol. The minimum absolute atomic E-state index is 0.0357. The molecule has 0 unspecified atom stereocenters. The molecule has 8 heteroatoms. The highest BCUT2D eigenvalue weighted by Gasteiger charge is 2.31. The Balaban J connectivity index is 2.03. The van der Waals surface area contributed by atoms with Crippen LogP contribution in [0.3, 0.4) is 0 Å². The molecular formula is C15H19FIN3O2S. The van der Waals surface area contributed by atoms with Crippen LogP contribution in [-0.2, 0) is 16.6 Å². The maximum atomic E-state index is 13.7. The second-order valence-corrected chi connectivity index (χ2v) is 10.0. The smallest absolute Gasteiger partial charge is 0.229 e. The molecule has 1 saturated heterocycles. The quantitative estimate of drug-likeness (QED) is 0.552. The summed E-state index contributed by atoms with van der Waals surface area (Å²) in [6.07, 6.45) is 3.43. The number of likely N-dealkylation sites (tertiary alicyclic amines) is 1. The average molecular weight is 451 g/mol. The number of alkyl halides is 1. The van der Waals surface area contributed by atoms with Crippen molar-refractivity contribution < 1.29 is 12.8 Å². The molecule has 0 spiro atoms. The molecule has 1 aromatic rings. The summed E-state index contributed by atoms with van der Waals surface area (Å²) in [6, 6.07) is 6.49. The minimum atomic E-state index is -3.43. The molecule has 0 aromatic heterocycles. The van der Waals surface area contributed by atoms with Crippen molar-refractivity contribution in [1.29, 1.82) is 5.26 Å². The van der Waals surface area contributed by atoms with Gasteiger partial charge in [0.15, 0.2) is 0 Å². The number of hydrogen-bond donors (Lipinski definition) is 1. The van der Waals surface area contributed by atoms with Crippen LogP contribution in [0.4, 0.5) is 10.1 Å². The Morgan fingerprint density at radius 2 is 2.04 bits per heavy atom. The number of rotatable bonds is 5. The Kier molecular flexibility index (Phi) is 5.86. The molecule has 1 heterocycles. The molecule has 2 rings (SSSR count). The van der Waals surface area contributed by atoms with Gasteiger partial charge in [-0.05, 0) is 49.7 Å². The summed E-state index contributed by atoms with van der Waals surface area (Å²) in [5.74, 6) is -0.460. The molecule has 1 aliphatic rings. The Hall–Kier alpha value is -0.920. The van der Waals surface area contributed by atoms with Crippen molar-refractivity contribution in [2.75, 3.05) is 24.1 Å². The van der Waals surface area contributed by atoms with Crippen LogP contribution in [0.15, 0.2) is 18.2 Å². The number of halogens is 2. The van der Waals surface area contributed by atoms with Gasteiger partial charge in [0.05, 0.1) is 18.0 Å². The van der Waals surface area contributed by atoms with Crippen molar-refractivity contribution in [3.05, 3.63) is 29.6 Å². The molecule has 126 valence electrons. The summed E-state index contributed by atoms with van der Waals surface area (Å²) in [6.45, 7) is 2.25. The lowest BCUT2D eigenvalue weighted by Gasteiger charge is -2.36. The lowest BCUT2D eigenvalue weighted by Crippen LogP contribution is -2.40. The Morgan fingerprint density at radius 1 is 1.39 bits per heavy atom. The fraction of sp³-hybridized carbons (Fsp3) is 0.533. The SMILES string of the molecule is CS(=O)(=O)Nc1cc(F)cc(CN2CCC(I)(CC#N)CC2)c1. The van der Waals surface area contributed by atoms with Crippen LogP contribution >= 0.6 is 22.6 Å². The van der Waals surface area contributed by atoms with E-state index in [1.807, 2.05) is 0 Å². The van der Waals surface area contributed by atoms with Gasteiger partial charge in [-0.1, -0.05) is 22.6 Å². The van der Waals surface area contributed by atoms with E-state index in [4.69, 9.17) is 5.26 Å². The van der Waals surface area contributed by atoms with Crippen LogP contribution in [0.5, 0.6) is 0 Å². The maximum Gasteiger partial charge on any atom is 0.229 e. The van der Waals surface area contributed by atoms with Crippen LogP contribution in [0.25, 0.3) is 0 Å². The summed E-state index contributed by atoms with van der Waals surface area (Å²) in [5.41, 5.74) is 0.976. The topological polar surface area (TPSA) is 73.2 Å². The summed E-state index contributed by atoms with van der Waals surface area (Å²) < 4.78 is 38.6. The maximum absolute atomic E-state index is 13.7. The first kappa shape index (κ1) is 18.4. The van der Waals surface area contributed by atoms with Crippen molar-refractivity contribution in [3.63, 3.8) is 0 Å². The van der Waals surface area contributed by atoms with Gasteiger partial charge in [0, 0.05) is 16.4 Å². The van der Waals surface area contributed by atoms with Crippen LogP contribution < -0.4 is 4.72 Å². The van der Waals surface area contributed by atoms with E-state index < -0.39 is 15.8 Å². The number of anilines is 1. The van der Waals surface area contributed by atoms with Gasteiger partial charge in [-0.25, -0.2) is 12.8 Å². The number of sulfonamides is 1. The van der Waals surface area contributed by atoms with Gasteiger partial charge in [-0.15, -0.1) is 0 Å². The van der Waals surface area contributed by atoms with E-state index in [1.165, 1.54) is 12.1 Å². The number of nitrogens with zero attached hydrogens (tertiary/aromatic N) is 2. The number of hydrogen-bond acceptors (Lipinski definition) is 4. The van der Waals surface area contributed by atoms with Gasteiger partial charge >= 0.3 is 0 Å². The van der Waals surface area contributed by atoms with Crippen molar-refractivity contribution in [3.8, 4) is 6.07 Å². The second kappa shape index (κ2) is 7.32. The van der Waals surface area contributed by atoms with Crippen LogP contribution in [0, 0.1) is 17.1 Å². The van der Waals surface area contributed by atoms with Crippen molar-refractivity contribution in [2.45, 2.75) is 29.2 Å². The van der Waals surface area contributed by atoms with Crippen molar-refractivity contribution in [2.24, 2.45) is 0 Å². The van der Waals surface area contributed by atoms with Crippen LogP contribution in [-0.4, -0.2) is 36.1 Å². The molecule has 0 atom stereocenters. The molecule has 5 nitrogen and oxygen atoms in total. The zero-order valence-corrected chi connectivity index (χ0v) is 15.8. The Morgan fingerprint density at radius 3 is 2.61 bits per heavy atom. The average Bonchev–Trinajstić information content (AvgIpc) is 2.39. The molecule has 23 heavy (non-hydrogen) atoms. The number of nitriles is 1. The standard InChI is InChI=1S/C15H19FIN3O2S/c1-23(21,22)19-14-9-12(8-13(16)10-14)11-20-6-3-15(17,2-5-18)4-7-20/h8-10,19H,2-4,6-7,11H2,1H3. The zero-order chi connectivity index (χ0) is 17.1. The fourth-order valence-electron chi connectivity index (χ4n) is 2.70. The van der Waals surface area contributed by atoms with E-state index in [2.05, 4.69) is 38.3 Å². The first-order valence-electron chi connectivity index (χ1n) is 7.25. The van der Waals surface area contributed by atoms with Gasteiger partial charge in [0.1, 0.15) is 5.82 Å². The molecule has 1 aliphatic heterocycles. The lowest BCUT2D eigenvalue weighted by atomic mass is 9.94. The van der Waals surface area contributed by atoms with Gasteiger partial charge in [-0.2, -0.15) is 5.26 Å². The number of piperidine rings is 1. The van der Waals surface area contributed by atoms with Crippen LogP contribution in [0.2, 0.25) is 0 Å². The fourth-order valence-corrected chi connectivity index (χ4v) is 3.90. The van der Waals surface area contributed by atoms with E-state index in [0.29, 0.717) is 13.0 Å². The molecule has 1 aromatic carbocycles. The van der Waals surface area contributed by atoms with Crippen molar-refractivity contribution in [1.82, 2.24) is 4.90 Å². The largest absolute Gasteiger partial charge is 0.299 e. The predicted molar refractivity (Wildman–Crippen MR) is 96.4 cm³/mol. The zero-order valence-electron chi connectivity index (χ0n) is 12.8. The Bertz CT molecular complexity index is 710. The van der Waals surface area contributed by atoms with E-state index in [1.54, 1.807) is 6.07 Å². The van der Waals surface area contributed by atoms with Crippen LogP contribution in [0.1, 0.15) is 24.8 Å². The summed E-state index contributed by atoms with van der Waals surface area (Å²) in [4.78, 5) is 2.20. The van der Waals surface area contributed by atoms with E-state index in [9.17, 15) is 12.8 Å². The summed E-state index contributed by atoms with van der Waals surface area (Å²) >= 11 is 2.37. The molecule has 1 N–H and O–H groups in total. The number of benzene rings is 1. The van der Waals surface area contributed by atoms with E-state index in [-0.39, 0.29) is 9.11 Å². The molecule has 1 fully saturated rings.